The number of amides is 1. The van der Waals surface area contributed by atoms with Crippen LogP contribution in [0.25, 0.3) is 11.3 Å². The number of thiazole rings is 1. The molecule has 8 heteroatoms. The highest BCUT2D eigenvalue weighted by atomic mass is 32.1. The van der Waals surface area contributed by atoms with Crippen LogP contribution in [-0.4, -0.2) is 34.0 Å². The van der Waals surface area contributed by atoms with Crippen molar-refractivity contribution in [1.29, 1.82) is 0 Å². The number of hydrogen-bond acceptors (Lipinski definition) is 5. The normalized spacial score (nSPS) is 13.8. The van der Waals surface area contributed by atoms with E-state index in [0.29, 0.717) is 23.9 Å². The van der Waals surface area contributed by atoms with Gasteiger partial charge in [-0.3, -0.25) is 9.48 Å². The van der Waals surface area contributed by atoms with E-state index < -0.39 is 0 Å². The molecule has 0 N–H and O–H groups in total. The van der Waals surface area contributed by atoms with Crippen LogP contribution in [0.5, 0.6) is 0 Å². The smallest absolute Gasteiger partial charge is 0.289 e. The van der Waals surface area contributed by atoms with Crippen molar-refractivity contribution in [3.05, 3.63) is 44.0 Å². The minimum Gasteiger partial charge on any atom is -0.383 e. The first-order valence-electron chi connectivity index (χ1n) is 9.47. The Morgan fingerprint density at radius 3 is 2.96 bits per heavy atom. The molecular formula is C20H24N4O2S2. The summed E-state index contributed by atoms with van der Waals surface area (Å²) in [7, 11) is 1.69. The largest absolute Gasteiger partial charge is 0.383 e. The molecule has 0 atom stereocenters. The van der Waals surface area contributed by atoms with E-state index in [2.05, 4.69) is 33.2 Å². The summed E-state index contributed by atoms with van der Waals surface area (Å²) in [4.78, 5) is 19.7. The number of aromatic nitrogens is 3. The van der Waals surface area contributed by atoms with Gasteiger partial charge in [-0.1, -0.05) is 19.9 Å². The number of nitrogens with zero attached hydrogens (tertiary/aromatic N) is 4. The van der Waals surface area contributed by atoms with Gasteiger partial charge in [-0.05, 0) is 30.2 Å². The van der Waals surface area contributed by atoms with E-state index in [4.69, 9.17) is 4.74 Å². The molecule has 0 aromatic carbocycles. The molecule has 3 aromatic rings. The number of methoxy groups -OCH3 is 1. The minimum absolute atomic E-state index is 0.185. The van der Waals surface area contributed by atoms with Gasteiger partial charge in [0.1, 0.15) is 0 Å². The molecule has 148 valence electrons. The van der Waals surface area contributed by atoms with Crippen LogP contribution in [0, 0.1) is 5.92 Å². The Hall–Kier alpha value is -2.03. The first kappa shape index (κ1) is 19.3. The van der Waals surface area contributed by atoms with Crippen molar-refractivity contribution in [3.63, 3.8) is 0 Å². The molecule has 6 nitrogen and oxygen atoms in total. The Balaban J connectivity index is 1.81. The second kappa shape index (κ2) is 8.14. The quantitative estimate of drug-likeness (QED) is 0.617. The molecule has 0 unspecified atom stereocenters. The van der Waals surface area contributed by atoms with Crippen molar-refractivity contribution < 1.29 is 9.53 Å². The van der Waals surface area contributed by atoms with Gasteiger partial charge >= 0.3 is 0 Å². The van der Waals surface area contributed by atoms with Gasteiger partial charge in [0.2, 0.25) is 0 Å². The average molecular weight is 417 g/mol. The maximum Gasteiger partial charge on any atom is 0.289 e. The van der Waals surface area contributed by atoms with E-state index >= 15 is 0 Å². The van der Waals surface area contributed by atoms with Crippen LogP contribution in [0.4, 0.5) is 0 Å². The highest BCUT2D eigenvalue weighted by molar-refractivity contribution is 7.12. The molecule has 0 saturated heterocycles. The van der Waals surface area contributed by atoms with E-state index in [1.165, 1.54) is 27.5 Å². The van der Waals surface area contributed by atoms with E-state index in [9.17, 15) is 4.79 Å². The average Bonchev–Trinajstić information content (AvgIpc) is 3.38. The highest BCUT2D eigenvalue weighted by Crippen LogP contribution is 2.35. The maximum atomic E-state index is 12.6. The summed E-state index contributed by atoms with van der Waals surface area (Å²) in [6, 6.07) is 3.69. The van der Waals surface area contributed by atoms with Crippen LogP contribution in [-0.2, 0) is 30.7 Å². The molecule has 3 aromatic heterocycles. The fraction of sp³-hybridized carbons (Fsp3) is 0.450. The Morgan fingerprint density at radius 1 is 1.39 bits per heavy atom. The van der Waals surface area contributed by atoms with E-state index in [0.717, 1.165) is 29.9 Å². The van der Waals surface area contributed by atoms with Gasteiger partial charge < -0.3 is 9.30 Å². The lowest BCUT2D eigenvalue weighted by Crippen LogP contribution is -2.21. The second-order valence-electron chi connectivity index (χ2n) is 7.28. The molecule has 0 bridgehead atoms. The molecule has 0 fully saturated rings. The number of thiophene rings is 1. The molecule has 0 saturated carbocycles. The number of rotatable bonds is 6. The van der Waals surface area contributed by atoms with Crippen LogP contribution in [0.3, 0.4) is 0 Å². The summed E-state index contributed by atoms with van der Waals surface area (Å²) in [5.41, 5.74) is 3.59. The molecule has 1 aliphatic carbocycles. The van der Waals surface area contributed by atoms with Crippen molar-refractivity contribution in [2.75, 3.05) is 13.7 Å². The van der Waals surface area contributed by atoms with Crippen LogP contribution in [0.2, 0.25) is 0 Å². The third-order valence-electron chi connectivity index (χ3n) is 4.76. The number of fused-ring (bicyclic) bond motifs is 3. The molecule has 0 aliphatic heterocycles. The van der Waals surface area contributed by atoms with E-state index in [1.807, 2.05) is 23.7 Å². The highest BCUT2D eigenvalue weighted by Gasteiger charge is 2.26. The fourth-order valence-corrected chi connectivity index (χ4v) is 5.32. The lowest BCUT2D eigenvalue weighted by molar-refractivity contribution is 0.100. The predicted molar refractivity (Wildman–Crippen MR) is 112 cm³/mol. The summed E-state index contributed by atoms with van der Waals surface area (Å²) in [6.07, 6.45) is 3.89. The third-order valence-corrected chi connectivity index (χ3v) is 6.75. The minimum atomic E-state index is -0.185. The SMILES string of the molecule is COCCn1c2c(sc1=NC(=O)c1cccs1)CCc1c-2cnn1CC(C)C. The molecular weight excluding hydrogens is 392 g/mol. The van der Waals surface area contributed by atoms with Crippen LogP contribution in [0.1, 0.15) is 34.1 Å². The lowest BCUT2D eigenvalue weighted by atomic mass is 9.99. The Bertz CT molecular complexity index is 1040. The molecule has 3 heterocycles. The van der Waals surface area contributed by atoms with Crippen LogP contribution in [0.15, 0.2) is 28.7 Å². The lowest BCUT2D eigenvalue weighted by Gasteiger charge is -2.17. The summed E-state index contributed by atoms with van der Waals surface area (Å²) in [5.74, 6) is 0.359. The maximum absolute atomic E-state index is 12.6. The van der Waals surface area contributed by atoms with Gasteiger partial charge in [-0.25, -0.2) is 0 Å². The Labute approximate surface area is 172 Å². The first-order chi connectivity index (χ1) is 13.6. The summed E-state index contributed by atoms with van der Waals surface area (Å²) in [6.45, 7) is 6.56. The number of carbonyl (C=O) groups is 1. The summed E-state index contributed by atoms with van der Waals surface area (Å²) >= 11 is 3.03. The van der Waals surface area contributed by atoms with Crippen molar-refractivity contribution in [2.24, 2.45) is 10.9 Å². The van der Waals surface area contributed by atoms with Crippen molar-refractivity contribution in [1.82, 2.24) is 14.3 Å². The number of aryl methyl sites for hydroxylation is 1. The van der Waals surface area contributed by atoms with E-state index in [1.54, 1.807) is 18.4 Å². The van der Waals surface area contributed by atoms with Crippen molar-refractivity contribution in [2.45, 2.75) is 39.8 Å². The van der Waals surface area contributed by atoms with Crippen LogP contribution < -0.4 is 4.80 Å². The monoisotopic (exact) mass is 416 g/mol. The van der Waals surface area contributed by atoms with Gasteiger partial charge in [-0.15, -0.1) is 22.7 Å². The number of carbonyl (C=O) groups excluding carboxylic acids is 1. The summed E-state index contributed by atoms with van der Waals surface area (Å²) < 4.78 is 9.59. The zero-order valence-electron chi connectivity index (χ0n) is 16.3. The third kappa shape index (κ3) is 3.64. The standard InChI is InChI=1S/C20H24N4O2S2/c1-13(2)12-24-15-6-7-16-18(14(15)11-21-24)23(8-9-26-3)20(28-16)22-19(25)17-5-4-10-27-17/h4-5,10-11,13H,6-9,12H2,1-3H3. The van der Waals surface area contributed by atoms with Gasteiger partial charge in [0, 0.05) is 36.3 Å². The first-order valence-corrected chi connectivity index (χ1v) is 11.2. The van der Waals surface area contributed by atoms with Gasteiger partial charge in [-0.2, -0.15) is 10.1 Å². The molecule has 0 spiro atoms. The molecule has 1 aliphatic rings. The summed E-state index contributed by atoms with van der Waals surface area (Å²) in [5, 5.41) is 6.55. The van der Waals surface area contributed by atoms with Crippen molar-refractivity contribution >= 4 is 28.6 Å². The Kier molecular flexibility index (Phi) is 5.61. The molecule has 4 rings (SSSR count). The number of hydrogen-bond donors (Lipinski definition) is 0. The Morgan fingerprint density at radius 2 is 2.25 bits per heavy atom. The van der Waals surface area contributed by atoms with Crippen molar-refractivity contribution in [3.8, 4) is 11.3 Å². The molecule has 28 heavy (non-hydrogen) atoms. The molecule has 0 radical (unpaired) electrons. The zero-order valence-corrected chi connectivity index (χ0v) is 18.0. The van der Waals surface area contributed by atoms with Gasteiger partial charge in [0.25, 0.3) is 5.91 Å². The topological polar surface area (TPSA) is 61.4 Å². The molecule has 1 amide bonds. The zero-order chi connectivity index (χ0) is 19.7. The number of ether oxygens (including phenoxy) is 1. The van der Waals surface area contributed by atoms with Gasteiger partial charge in [0.05, 0.1) is 23.4 Å². The second-order valence-corrected chi connectivity index (χ2v) is 9.29. The van der Waals surface area contributed by atoms with Crippen LogP contribution >= 0.6 is 22.7 Å². The van der Waals surface area contributed by atoms with E-state index in [-0.39, 0.29) is 5.91 Å². The van der Waals surface area contributed by atoms with Gasteiger partial charge in [0.15, 0.2) is 4.80 Å². The fourth-order valence-electron chi connectivity index (χ4n) is 3.55. The predicted octanol–water partition coefficient (Wildman–Crippen LogP) is 3.62.